The van der Waals surface area contributed by atoms with Gasteiger partial charge in [-0.1, -0.05) is 13.3 Å². The van der Waals surface area contributed by atoms with Crippen LogP contribution < -0.4 is 5.32 Å². The van der Waals surface area contributed by atoms with Crippen LogP contribution in [0.2, 0.25) is 0 Å². The standard InChI is InChI=1S/C9H17NO4/c1-3-5-7(11)9(13)10-6-8(12)14-4-2/h7,11H,3-6H2,1-2H3,(H,10,13). The Kier molecular flexibility index (Phi) is 6.74. The lowest BCUT2D eigenvalue weighted by Crippen LogP contribution is -2.38. The fourth-order valence-electron chi connectivity index (χ4n) is 0.894. The van der Waals surface area contributed by atoms with Crippen molar-refractivity contribution in [3.8, 4) is 0 Å². The number of amides is 1. The van der Waals surface area contributed by atoms with Crippen LogP contribution in [0.1, 0.15) is 26.7 Å². The van der Waals surface area contributed by atoms with Crippen LogP contribution in [0.15, 0.2) is 0 Å². The molecule has 0 fully saturated rings. The number of carbonyl (C=O) groups is 2. The summed E-state index contributed by atoms with van der Waals surface area (Å²) in [5, 5.41) is 11.5. The topological polar surface area (TPSA) is 75.6 Å². The third-order valence-corrected chi connectivity index (χ3v) is 1.58. The van der Waals surface area contributed by atoms with Gasteiger partial charge in [-0.2, -0.15) is 0 Å². The lowest BCUT2D eigenvalue weighted by Gasteiger charge is -2.09. The summed E-state index contributed by atoms with van der Waals surface area (Å²) >= 11 is 0. The maximum Gasteiger partial charge on any atom is 0.325 e. The number of nitrogens with one attached hydrogen (secondary N) is 1. The average Bonchev–Trinajstić information content (AvgIpc) is 2.15. The highest BCUT2D eigenvalue weighted by Gasteiger charge is 2.14. The average molecular weight is 203 g/mol. The smallest absolute Gasteiger partial charge is 0.325 e. The Bertz CT molecular complexity index is 193. The van der Waals surface area contributed by atoms with Gasteiger partial charge in [-0.3, -0.25) is 9.59 Å². The molecule has 0 aromatic rings. The second-order valence-corrected chi connectivity index (χ2v) is 2.83. The van der Waals surface area contributed by atoms with Crippen molar-refractivity contribution in [2.24, 2.45) is 0 Å². The van der Waals surface area contributed by atoms with Gasteiger partial charge in [0, 0.05) is 0 Å². The zero-order valence-electron chi connectivity index (χ0n) is 8.58. The number of esters is 1. The molecule has 82 valence electrons. The highest BCUT2D eigenvalue weighted by atomic mass is 16.5. The largest absolute Gasteiger partial charge is 0.465 e. The lowest BCUT2D eigenvalue weighted by molar-refractivity contribution is -0.144. The van der Waals surface area contributed by atoms with Gasteiger partial charge < -0.3 is 15.2 Å². The van der Waals surface area contributed by atoms with E-state index in [4.69, 9.17) is 0 Å². The first-order valence-corrected chi connectivity index (χ1v) is 4.73. The summed E-state index contributed by atoms with van der Waals surface area (Å²) in [5.74, 6) is -1.02. The molecule has 2 N–H and O–H groups in total. The molecule has 0 aliphatic carbocycles. The highest BCUT2D eigenvalue weighted by molar-refractivity contribution is 5.84. The van der Waals surface area contributed by atoms with Crippen molar-refractivity contribution in [1.29, 1.82) is 0 Å². The lowest BCUT2D eigenvalue weighted by atomic mass is 10.2. The van der Waals surface area contributed by atoms with Crippen molar-refractivity contribution in [2.45, 2.75) is 32.8 Å². The van der Waals surface area contributed by atoms with Crippen LogP contribution in [-0.4, -0.2) is 36.2 Å². The number of aliphatic hydroxyl groups excluding tert-OH is 1. The van der Waals surface area contributed by atoms with E-state index in [0.717, 1.165) is 0 Å². The number of aliphatic hydroxyl groups is 1. The molecule has 0 saturated carbocycles. The van der Waals surface area contributed by atoms with Crippen LogP contribution in [0, 0.1) is 0 Å². The zero-order chi connectivity index (χ0) is 11.0. The van der Waals surface area contributed by atoms with E-state index in [1.165, 1.54) is 0 Å². The Morgan fingerprint density at radius 2 is 2.07 bits per heavy atom. The maximum atomic E-state index is 11.1. The number of rotatable bonds is 6. The Balaban J connectivity index is 3.67. The van der Waals surface area contributed by atoms with Crippen LogP contribution >= 0.6 is 0 Å². The second kappa shape index (κ2) is 7.32. The molecule has 0 aromatic carbocycles. The van der Waals surface area contributed by atoms with E-state index in [2.05, 4.69) is 10.1 Å². The molecule has 0 spiro atoms. The third-order valence-electron chi connectivity index (χ3n) is 1.58. The van der Waals surface area contributed by atoms with Crippen LogP contribution in [0.4, 0.5) is 0 Å². The maximum absolute atomic E-state index is 11.1. The van der Waals surface area contributed by atoms with E-state index < -0.39 is 18.0 Å². The first kappa shape index (κ1) is 12.9. The number of hydrogen-bond acceptors (Lipinski definition) is 4. The summed E-state index contributed by atoms with van der Waals surface area (Å²) in [5.41, 5.74) is 0. The minimum absolute atomic E-state index is 0.187. The summed E-state index contributed by atoms with van der Waals surface area (Å²) in [4.78, 5) is 21.9. The Labute approximate surface area is 83.4 Å². The molecule has 0 saturated heterocycles. The SMILES string of the molecule is CCCC(O)C(=O)NCC(=O)OCC. The third kappa shape index (κ3) is 5.53. The van der Waals surface area contributed by atoms with E-state index in [1.807, 2.05) is 6.92 Å². The molecule has 0 bridgehead atoms. The van der Waals surface area contributed by atoms with Crippen molar-refractivity contribution in [2.75, 3.05) is 13.2 Å². The molecule has 14 heavy (non-hydrogen) atoms. The molecule has 0 heterocycles. The fourth-order valence-corrected chi connectivity index (χ4v) is 0.894. The normalized spacial score (nSPS) is 11.9. The van der Waals surface area contributed by atoms with Crippen LogP contribution in [0.5, 0.6) is 0 Å². The van der Waals surface area contributed by atoms with Gasteiger partial charge in [0.1, 0.15) is 12.6 Å². The molecular formula is C9H17NO4. The number of hydrogen-bond donors (Lipinski definition) is 2. The van der Waals surface area contributed by atoms with E-state index in [9.17, 15) is 14.7 Å². The molecule has 1 amide bonds. The molecule has 5 heteroatoms. The number of carbonyl (C=O) groups excluding carboxylic acids is 2. The van der Waals surface area contributed by atoms with Crippen molar-refractivity contribution < 1.29 is 19.4 Å². The molecule has 0 rings (SSSR count). The first-order chi connectivity index (χ1) is 6.61. The quantitative estimate of drug-likeness (QED) is 0.587. The second-order valence-electron chi connectivity index (χ2n) is 2.83. The molecular weight excluding hydrogens is 186 g/mol. The van der Waals surface area contributed by atoms with E-state index in [0.29, 0.717) is 12.8 Å². The predicted molar refractivity (Wildman–Crippen MR) is 50.6 cm³/mol. The van der Waals surface area contributed by atoms with Crippen molar-refractivity contribution in [3.63, 3.8) is 0 Å². The Hall–Kier alpha value is -1.10. The van der Waals surface area contributed by atoms with Gasteiger partial charge >= 0.3 is 5.97 Å². The molecule has 1 atom stereocenters. The van der Waals surface area contributed by atoms with Crippen LogP contribution in [-0.2, 0) is 14.3 Å². The monoisotopic (exact) mass is 203 g/mol. The van der Waals surface area contributed by atoms with Crippen LogP contribution in [0.3, 0.4) is 0 Å². The summed E-state index contributed by atoms with van der Waals surface area (Å²) in [6.07, 6.45) is 0.0808. The molecule has 0 aliphatic rings. The van der Waals surface area contributed by atoms with Gasteiger partial charge in [0.05, 0.1) is 6.61 Å². The van der Waals surface area contributed by atoms with E-state index in [1.54, 1.807) is 6.92 Å². The first-order valence-electron chi connectivity index (χ1n) is 4.73. The molecule has 0 aromatic heterocycles. The Morgan fingerprint density at radius 1 is 1.43 bits per heavy atom. The summed E-state index contributed by atoms with van der Waals surface area (Å²) in [6.45, 7) is 3.65. The van der Waals surface area contributed by atoms with E-state index in [-0.39, 0.29) is 13.2 Å². The number of ether oxygens (including phenoxy) is 1. The minimum atomic E-state index is -1.03. The molecule has 5 nitrogen and oxygen atoms in total. The minimum Gasteiger partial charge on any atom is -0.465 e. The zero-order valence-corrected chi connectivity index (χ0v) is 8.58. The summed E-state index contributed by atoms with van der Waals surface area (Å²) in [7, 11) is 0. The van der Waals surface area contributed by atoms with Gasteiger partial charge in [-0.25, -0.2) is 0 Å². The molecule has 1 unspecified atom stereocenters. The van der Waals surface area contributed by atoms with Gasteiger partial charge in [0.2, 0.25) is 5.91 Å². The van der Waals surface area contributed by atoms with Crippen molar-refractivity contribution in [1.82, 2.24) is 5.32 Å². The highest BCUT2D eigenvalue weighted by Crippen LogP contribution is 1.95. The Morgan fingerprint density at radius 3 is 2.57 bits per heavy atom. The van der Waals surface area contributed by atoms with Gasteiger partial charge in [-0.05, 0) is 13.3 Å². The van der Waals surface area contributed by atoms with Crippen molar-refractivity contribution >= 4 is 11.9 Å². The van der Waals surface area contributed by atoms with Crippen LogP contribution in [0.25, 0.3) is 0 Å². The summed E-state index contributed by atoms with van der Waals surface area (Å²) in [6, 6.07) is 0. The predicted octanol–water partition coefficient (Wildman–Crippen LogP) is -0.173. The van der Waals surface area contributed by atoms with Crippen molar-refractivity contribution in [3.05, 3.63) is 0 Å². The molecule has 0 aliphatic heterocycles. The summed E-state index contributed by atoms with van der Waals surface area (Å²) < 4.78 is 4.60. The fraction of sp³-hybridized carbons (Fsp3) is 0.778. The van der Waals surface area contributed by atoms with Gasteiger partial charge in [-0.15, -0.1) is 0 Å². The van der Waals surface area contributed by atoms with E-state index >= 15 is 0 Å². The molecule has 0 radical (unpaired) electrons. The van der Waals surface area contributed by atoms with Gasteiger partial charge in [0.15, 0.2) is 0 Å². The van der Waals surface area contributed by atoms with Gasteiger partial charge in [0.25, 0.3) is 0 Å².